The van der Waals surface area contributed by atoms with Crippen molar-refractivity contribution in [1.29, 1.82) is 0 Å². The predicted octanol–water partition coefficient (Wildman–Crippen LogP) is 1.45. The van der Waals surface area contributed by atoms with Crippen LogP contribution in [-0.2, 0) is 0 Å². The van der Waals surface area contributed by atoms with E-state index in [9.17, 15) is 0 Å². The van der Waals surface area contributed by atoms with Crippen molar-refractivity contribution in [3.8, 4) is 0 Å². The second-order valence-electron chi connectivity index (χ2n) is 2.28. The summed E-state index contributed by atoms with van der Waals surface area (Å²) in [6.07, 6.45) is 0. The summed E-state index contributed by atoms with van der Waals surface area (Å²) in [6.45, 7) is 4.55. The second kappa shape index (κ2) is 2.83. The van der Waals surface area contributed by atoms with Crippen LogP contribution in [0.3, 0.4) is 0 Å². The smallest absolute Gasteiger partial charge is 0.0671 e. The van der Waals surface area contributed by atoms with E-state index >= 15 is 0 Å². The number of rotatable bonds is 1. The highest BCUT2D eigenvalue weighted by Crippen LogP contribution is 1.85. The monoisotopic (exact) mass is 134 g/mol. The molecule has 1 aromatic carbocycles. The van der Waals surface area contributed by atoms with Gasteiger partial charge in [-0.3, -0.25) is 0 Å². The van der Waals surface area contributed by atoms with E-state index in [-0.39, 0.29) is 8.80 Å². The van der Waals surface area contributed by atoms with E-state index in [0.29, 0.717) is 0 Å². The Morgan fingerprint density at radius 2 is 2.11 bits per heavy atom. The van der Waals surface area contributed by atoms with Crippen molar-refractivity contribution in [1.82, 2.24) is 0 Å². The van der Waals surface area contributed by atoms with Crippen LogP contribution in [-0.4, -0.2) is 8.80 Å². The Labute approximate surface area is 58.1 Å². The minimum absolute atomic E-state index is 0.268. The summed E-state index contributed by atoms with van der Waals surface area (Å²) in [5, 5.41) is 1.39. The van der Waals surface area contributed by atoms with Gasteiger partial charge in [0.2, 0.25) is 0 Å². The Morgan fingerprint density at radius 1 is 1.33 bits per heavy atom. The van der Waals surface area contributed by atoms with Gasteiger partial charge >= 0.3 is 0 Å². The van der Waals surface area contributed by atoms with Crippen LogP contribution in [0.5, 0.6) is 0 Å². The van der Waals surface area contributed by atoms with Gasteiger partial charge in [-0.05, 0) is 6.07 Å². The van der Waals surface area contributed by atoms with Crippen LogP contribution >= 0.6 is 0 Å². The third kappa shape index (κ3) is 1.68. The average Bonchev–Trinajstić information content (AvgIpc) is 1.90. The normalized spacial score (nSPS) is 10.1. The highest BCUT2D eigenvalue weighted by atomic mass is 28.3. The zero-order valence-electron chi connectivity index (χ0n) is 5.81. The molecule has 0 aliphatic carbocycles. The summed E-state index contributed by atoms with van der Waals surface area (Å²) < 4.78 is 0. The topological polar surface area (TPSA) is 0 Å². The minimum Gasteiger partial charge on any atom is -0.0671 e. The lowest BCUT2D eigenvalue weighted by Gasteiger charge is -1.98. The van der Waals surface area contributed by atoms with Crippen molar-refractivity contribution in [2.24, 2.45) is 0 Å². The molecule has 0 bridgehead atoms. The molecule has 0 unspecified atom stereocenters. The van der Waals surface area contributed by atoms with E-state index in [4.69, 9.17) is 0 Å². The van der Waals surface area contributed by atoms with Crippen LogP contribution in [0.2, 0.25) is 13.1 Å². The Kier molecular flexibility index (Phi) is 2.06. The van der Waals surface area contributed by atoms with Gasteiger partial charge in [-0.25, -0.2) is 0 Å². The molecule has 0 fully saturated rings. The maximum Gasteiger partial charge on any atom is 0.0799 e. The largest absolute Gasteiger partial charge is 0.0799 e. The van der Waals surface area contributed by atoms with Gasteiger partial charge in [0, 0.05) is 0 Å². The van der Waals surface area contributed by atoms with Gasteiger partial charge in [0.05, 0.1) is 8.80 Å². The van der Waals surface area contributed by atoms with Gasteiger partial charge in [-0.1, -0.05) is 42.5 Å². The van der Waals surface area contributed by atoms with Crippen molar-refractivity contribution in [2.75, 3.05) is 0 Å². The molecule has 0 saturated heterocycles. The van der Waals surface area contributed by atoms with Crippen molar-refractivity contribution in [3.63, 3.8) is 0 Å². The third-order valence-corrected chi connectivity index (χ3v) is 2.64. The second-order valence-corrected chi connectivity index (χ2v) is 4.81. The Bertz CT molecular complexity index is 167. The molecule has 0 aliphatic heterocycles. The first-order valence-corrected chi connectivity index (χ1v) is 5.58. The number of hydrogen-bond acceptors (Lipinski definition) is 0. The SMILES string of the molecule is C[Si](C)c1[c]cccc1. The average molecular weight is 134 g/mol. The molecule has 0 spiro atoms. The summed E-state index contributed by atoms with van der Waals surface area (Å²) in [5.41, 5.74) is 0. The first-order valence-electron chi connectivity index (χ1n) is 3.08. The summed E-state index contributed by atoms with van der Waals surface area (Å²) in [7, 11) is -0.268. The Balaban J connectivity index is 2.85. The van der Waals surface area contributed by atoms with Gasteiger partial charge in [-0.15, -0.1) is 0 Å². The fourth-order valence-corrected chi connectivity index (χ4v) is 1.51. The first-order chi connectivity index (χ1) is 4.30. The van der Waals surface area contributed by atoms with Gasteiger partial charge in [-0.2, -0.15) is 0 Å². The lowest BCUT2D eigenvalue weighted by atomic mass is 10.4. The van der Waals surface area contributed by atoms with E-state index in [2.05, 4.69) is 31.3 Å². The molecule has 0 amide bonds. The molecule has 0 nitrogen and oxygen atoms in total. The number of benzene rings is 1. The summed E-state index contributed by atoms with van der Waals surface area (Å²) in [4.78, 5) is 0. The maximum absolute atomic E-state index is 3.21. The molecular formula is C8H10Si. The minimum atomic E-state index is -0.268. The van der Waals surface area contributed by atoms with E-state index in [0.717, 1.165) is 0 Å². The molecule has 1 aromatic rings. The Hall–Kier alpha value is -0.563. The van der Waals surface area contributed by atoms with Crippen LogP contribution in [0.15, 0.2) is 24.3 Å². The molecule has 2 radical (unpaired) electrons. The van der Waals surface area contributed by atoms with Crippen LogP contribution in [0, 0.1) is 6.07 Å². The maximum atomic E-state index is 3.21. The van der Waals surface area contributed by atoms with Crippen molar-refractivity contribution in [3.05, 3.63) is 30.3 Å². The fraction of sp³-hybridized carbons (Fsp3) is 0.250. The van der Waals surface area contributed by atoms with E-state index < -0.39 is 0 Å². The van der Waals surface area contributed by atoms with Crippen LogP contribution in [0.1, 0.15) is 0 Å². The van der Waals surface area contributed by atoms with Crippen molar-refractivity contribution < 1.29 is 0 Å². The quantitative estimate of drug-likeness (QED) is 0.510. The zero-order valence-corrected chi connectivity index (χ0v) is 6.81. The van der Waals surface area contributed by atoms with Crippen LogP contribution in [0.4, 0.5) is 0 Å². The summed E-state index contributed by atoms with van der Waals surface area (Å²) in [5.74, 6) is 0. The third-order valence-electron chi connectivity index (χ3n) is 1.25. The van der Waals surface area contributed by atoms with Gasteiger partial charge in [0.15, 0.2) is 0 Å². The molecule has 0 aliphatic rings. The Morgan fingerprint density at radius 3 is 2.44 bits per heavy atom. The number of hydrogen-bond donors (Lipinski definition) is 0. The molecule has 0 atom stereocenters. The molecule has 0 aromatic heterocycles. The van der Waals surface area contributed by atoms with Gasteiger partial charge in [0.25, 0.3) is 0 Å². The molecule has 1 heteroatoms. The molecule has 9 heavy (non-hydrogen) atoms. The van der Waals surface area contributed by atoms with Gasteiger partial charge in [0.1, 0.15) is 0 Å². The van der Waals surface area contributed by atoms with Crippen molar-refractivity contribution in [2.45, 2.75) is 13.1 Å². The molecule has 1 rings (SSSR count). The lowest BCUT2D eigenvalue weighted by Crippen LogP contribution is -2.21. The molecule has 0 saturated carbocycles. The van der Waals surface area contributed by atoms with E-state index in [1.807, 2.05) is 12.1 Å². The molecular weight excluding hydrogens is 124 g/mol. The molecule has 46 valence electrons. The first kappa shape index (κ1) is 6.56. The highest BCUT2D eigenvalue weighted by molar-refractivity contribution is 6.70. The summed E-state index contributed by atoms with van der Waals surface area (Å²) in [6, 6.07) is 11.4. The molecule has 0 heterocycles. The lowest BCUT2D eigenvalue weighted by molar-refractivity contribution is 1.73. The van der Waals surface area contributed by atoms with Gasteiger partial charge < -0.3 is 0 Å². The van der Waals surface area contributed by atoms with E-state index in [1.165, 1.54) is 5.19 Å². The van der Waals surface area contributed by atoms with Crippen LogP contribution in [0.25, 0.3) is 0 Å². The van der Waals surface area contributed by atoms with E-state index in [1.54, 1.807) is 0 Å². The van der Waals surface area contributed by atoms with Crippen LogP contribution < -0.4 is 5.19 Å². The zero-order chi connectivity index (χ0) is 6.69. The highest BCUT2D eigenvalue weighted by Gasteiger charge is 1.96. The summed E-state index contributed by atoms with van der Waals surface area (Å²) >= 11 is 0. The van der Waals surface area contributed by atoms with Crippen molar-refractivity contribution >= 4 is 14.0 Å². The molecule has 0 N–H and O–H groups in total. The standard InChI is InChI=1S/C8H10Si/c1-9(2)8-6-4-3-5-7-8/h3-6H,1-2H3. The fourth-order valence-electron chi connectivity index (χ4n) is 0.704. The predicted molar refractivity (Wildman–Crippen MR) is 42.4 cm³/mol.